The van der Waals surface area contributed by atoms with Gasteiger partial charge in [0, 0.05) is 37.6 Å². The first-order chi connectivity index (χ1) is 12.7. The number of hydrogen-bond donors (Lipinski definition) is 1. The topological polar surface area (TPSA) is 55.4 Å². The standard InChI is InChI=1S/C21H26BrNO3S/c1-6-15-12(22)8-16(27-15)19-17(20(25)26-7-2)11(3)23-13-9-21(4,5)10-14(24)18(13)19/h8,19,23H,6-7,9-10H2,1-5H3/t19-/m0/s1. The Kier molecular flexibility index (Phi) is 5.69. The number of esters is 1. The van der Waals surface area contributed by atoms with Crippen molar-refractivity contribution in [2.45, 2.75) is 59.8 Å². The number of allylic oxidation sites excluding steroid dienone is 3. The Morgan fingerprint density at radius 3 is 2.67 bits per heavy atom. The number of Topliss-reactive ketones (excluding diaryl/α,β-unsaturated/α-hetero) is 1. The van der Waals surface area contributed by atoms with E-state index in [2.05, 4.69) is 48.1 Å². The molecular formula is C21H26BrNO3S. The highest BCUT2D eigenvalue weighted by Crippen LogP contribution is 2.49. The highest BCUT2D eigenvalue weighted by molar-refractivity contribution is 9.10. The van der Waals surface area contributed by atoms with Gasteiger partial charge in [-0.05, 0) is 54.1 Å². The fraction of sp³-hybridized carbons (Fsp3) is 0.524. The van der Waals surface area contributed by atoms with Gasteiger partial charge in [0.05, 0.1) is 18.1 Å². The second-order valence-corrected chi connectivity index (χ2v) is 9.95. The summed E-state index contributed by atoms with van der Waals surface area (Å²) < 4.78 is 6.38. The van der Waals surface area contributed by atoms with Gasteiger partial charge in [-0.2, -0.15) is 0 Å². The molecule has 1 atom stereocenters. The van der Waals surface area contributed by atoms with Crippen LogP contribution in [-0.2, 0) is 20.7 Å². The first-order valence-corrected chi connectivity index (χ1v) is 11.0. The zero-order valence-corrected chi connectivity index (χ0v) is 18.9. The lowest BCUT2D eigenvalue weighted by Crippen LogP contribution is -2.38. The molecule has 0 spiro atoms. The Balaban J connectivity index is 2.18. The van der Waals surface area contributed by atoms with Crippen LogP contribution in [0.4, 0.5) is 0 Å². The third kappa shape index (κ3) is 3.79. The predicted octanol–water partition coefficient (Wildman–Crippen LogP) is 5.24. The SMILES string of the molecule is CCOC(=O)C1=C(C)NC2=C(C(=O)CC(C)(C)C2)[C@H]1c1cc(Br)c(CC)s1. The molecule has 0 bridgehead atoms. The zero-order chi connectivity index (χ0) is 19.9. The van der Waals surface area contributed by atoms with Crippen LogP contribution in [0.1, 0.15) is 63.1 Å². The molecule has 27 heavy (non-hydrogen) atoms. The average molecular weight is 452 g/mol. The van der Waals surface area contributed by atoms with Gasteiger partial charge in [0.1, 0.15) is 0 Å². The van der Waals surface area contributed by atoms with Crippen molar-refractivity contribution in [3.63, 3.8) is 0 Å². The lowest BCUT2D eigenvalue weighted by molar-refractivity contribution is -0.138. The number of thiophene rings is 1. The fourth-order valence-corrected chi connectivity index (χ4v) is 6.05. The molecule has 2 aliphatic rings. The van der Waals surface area contributed by atoms with Gasteiger partial charge in [0.25, 0.3) is 0 Å². The van der Waals surface area contributed by atoms with Crippen molar-refractivity contribution in [2.75, 3.05) is 6.61 Å². The summed E-state index contributed by atoms with van der Waals surface area (Å²) in [4.78, 5) is 28.2. The molecule has 0 fully saturated rings. The van der Waals surface area contributed by atoms with Crippen LogP contribution in [0, 0.1) is 5.41 Å². The number of carbonyl (C=O) groups excluding carboxylic acids is 2. The van der Waals surface area contributed by atoms with Crippen molar-refractivity contribution in [1.29, 1.82) is 0 Å². The van der Waals surface area contributed by atoms with E-state index in [1.807, 2.05) is 6.92 Å². The quantitative estimate of drug-likeness (QED) is 0.635. The minimum atomic E-state index is -0.356. The van der Waals surface area contributed by atoms with Crippen LogP contribution in [0.25, 0.3) is 0 Å². The first kappa shape index (κ1) is 20.3. The van der Waals surface area contributed by atoms with E-state index in [-0.39, 0.29) is 23.1 Å². The highest BCUT2D eigenvalue weighted by atomic mass is 79.9. The molecule has 1 aromatic heterocycles. The van der Waals surface area contributed by atoms with E-state index in [1.54, 1.807) is 18.3 Å². The minimum Gasteiger partial charge on any atom is -0.463 e. The summed E-state index contributed by atoms with van der Waals surface area (Å²) >= 11 is 5.29. The van der Waals surface area contributed by atoms with Crippen molar-refractivity contribution < 1.29 is 14.3 Å². The van der Waals surface area contributed by atoms with E-state index in [0.717, 1.165) is 39.2 Å². The largest absolute Gasteiger partial charge is 0.463 e. The number of hydrogen-bond acceptors (Lipinski definition) is 5. The molecule has 4 nitrogen and oxygen atoms in total. The Morgan fingerprint density at radius 1 is 1.37 bits per heavy atom. The van der Waals surface area contributed by atoms with Crippen molar-refractivity contribution in [2.24, 2.45) is 5.41 Å². The maximum atomic E-state index is 13.1. The van der Waals surface area contributed by atoms with Crippen LogP contribution >= 0.6 is 27.3 Å². The molecule has 1 aromatic rings. The molecule has 1 N–H and O–H groups in total. The van der Waals surface area contributed by atoms with Crippen LogP contribution in [0.3, 0.4) is 0 Å². The van der Waals surface area contributed by atoms with Gasteiger partial charge in [-0.3, -0.25) is 4.79 Å². The van der Waals surface area contributed by atoms with E-state index in [1.165, 1.54) is 4.88 Å². The molecule has 0 aromatic carbocycles. The Hall–Kier alpha value is -1.40. The first-order valence-electron chi connectivity index (χ1n) is 9.37. The van der Waals surface area contributed by atoms with Gasteiger partial charge >= 0.3 is 5.97 Å². The van der Waals surface area contributed by atoms with Gasteiger partial charge in [0.15, 0.2) is 5.78 Å². The van der Waals surface area contributed by atoms with Crippen LogP contribution in [0.2, 0.25) is 0 Å². The Morgan fingerprint density at radius 2 is 2.07 bits per heavy atom. The molecule has 0 saturated heterocycles. The Labute approximate surface area is 173 Å². The monoisotopic (exact) mass is 451 g/mol. The van der Waals surface area contributed by atoms with Crippen LogP contribution in [-0.4, -0.2) is 18.4 Å². The molecule has 146 valence electrons. The normalized spacial score (nSPS) is 21.9. The highest BCUT2D eigenvalue weighted by Gasteiger charge is 2.43. The number of rotatable bonds is 4. The van der Waals surface area contributed by atoms with Gasteiger partial charge in [-0.15, -0.1) is 11.3 Å². The van der Waals surface area contributed by atoms with E-state index in [0.29, 0.717) is 18.6 Å². The van der Waals surface area contributed by atoms with E-state index in [9.17, 15) is 9.59 Å². The summed E-state index contributed by atoms with van der Waals surface area (Å²) in [5.74, 6) is -0.583. The second-order valence-electron chi connectivity index (χ2n) is 7.92. The minimum absolute atomic E-state index is 0.0835. The lowest BCUT2D eigenvalue weighted by atomic mass is 9.70. The van der Waals surface area contributed by atoms with Crippen molar-refractivity contribution >= 4 is 39.0 Å². The summed E-state index contributed by atoms with van der Waals surface area (Å²) in [7, 11) is 0. The molecule has 2 heterocycles. The smallest absolute Gasteiger partial charge is 0.336 e. The van der Waals surface area contributed by atoms with E-state index >= 15 is 0 Å². The summed E-state index contributed by atoms with van der Waals surface area (Å²) in [6, 6.07) is 2.06. The van der Waals surface area contributed by atoms with E-state index < -0.39 is 0 Å². The third-order valence-electron chi connectivity index (χ3n) is 5.12. The summed E-state index contributed by atoms with van der Waals surface area (Å²) in [5, 5.41) is 3.36. The molecule has 6 heteroatoms. The summed E-state index contributed by atoms with van der Waals surface area (Å²) in [6.07, 6.45) is 2.19. The van der Waals surface area contributed by atoms with Gasteiger partial charge in [-0.1, -0.05) is 20.8 Å². The molecule has 0 amide bonds. The van der Waals surface area contributed by atoms with Crippen LogP contribution < -0.4 is 5.32 Å². The van der Waals surface area contributed by atoms with Gasteiger partial charge < -0.3 is 10.1 Å². The number of carbonyl (C=O) groups is 2. The number of ether oxygens (including phenoxy) is 1. The number of dihydropyridines is 1. The van der Waals surface area contributed by atoms with Crippen molar-refractivity contribution in [3.05, 3.63) is 42.8 Å². The summed E-state index contributed by atoms with van der Waals surface area (Å²) in [6.45, 7) is 10.3. The number of halogens is 1. The summed E-state index contributed by atoms with van der Waals surface area (Å²) in [5.41, 5.74) is 2.94. The molecule has 0 saturated carbocycles. The Bertz CT molecular complexity index is 863. The van der Waals surface area contributed by atoms with Crippen molar-refractivity contribution in [3.8, 4) is 0 Å². The molecule has 0 unspecified atom stereocenters. The maximum absolute atomic E-state index is 13.1. The number of ketones is 1. The maximum Gasteiger partial charge on any atom is 0.336 e. The predicted molar refractivity (Wildman–Crippen MR) is 112 cm³/mol. The molecular weight excluding hydrogens is 426 g/mol. The molecule has 1 aliphatic heterocycles. The van der Waals surface area contributed by atoms with Gasteiger partial charge in [0.2, 0.25) is 0 Å². The van der Waals surface area contributed by atoms with Gasteiger partial charge in [-0.25, -0.2) is 4.79 Å². The second kappa shape index (κ2) is 7.55. The average Bonchev–Trinajstić information content (AvgIpc) is 2.93. The number of aryl methyl sites for hydroxylation is 1. The lowest BCUT2D eigenvalue weighted by Gasteiger charge is -2.39. The van der Waals surface area contributed by atoms with Crippen LogP contribution in [0.5, 0.6) is 0 Å². The molecule has 3 rings (SSSR count). The van der Waals surface area contributed by atoms with Crippen LogP contribution in [0.15, 0.2) is 33.1 Å². The number of nitrogens with one attached hydrogen (secondary N) is 1. The fourth-order valence-electron chi connectivity index (χ4n) is 4.01. The van der Waals surface area contributed by atoms with Crippen molar-refractivity contribution in [1.82, 2.24) is 5.32 Å². The molecule has 0 radical (unpaired) electrons. The zero-order valence-electron chi connectivity index (χ0n) is 16.5. The molecule has 1 aliphatic carbocycles. The van der Waals surface area contributed by atoms with E-state index in [4.69, 9.17) is 4.74 Å². The third-order valence-corrected chi connectivity index (χ3v) is 7.43.